The monoisotopic (exact) mass is 264 g/mol. The third kappa shape index (κ3) is 2.89. The van der Waals surface area contributed by atoms with Crippen molar-refractivity contribution in [3.63, 3.8) is 0 Å². The zero-order valence-corrected chi connectivity index (χ0v) is 9.89. The summed E-state index contributed by atoms with van der Waals surface area (Å²) in [6.07, 6.45) is 0.265. The number of hydrogen-bond acceptors (Lipinski definition) is 4. The molecule has 0 fully saturated rings. The normalized spacial score (nSPS) is 12.5. The molecule has 2 rings (SSSR count). The second kappa shape index (κ2) is 5.07. The molecule has 1 aromatic heterocycles. The van der Waals surface area contributed by atoms with Crippen LogP contribution in [-0.4, -0.2) is 31.8 Å². The smallest absolute Gasteiger partial charge is 0.306 e. The summed E-state index contributed by atoms with van der Waals surface area (Å²) in [4.78, 5) is 20.7. The first kappa shape index (κ1) is 13.0. The third-order valence-corrected chi connectivity index (χ3v) is 2.79. The number of rotatable bonds is 5. The van der Waals surface area contributed by atoms with Crippen molar-refractivity contribution >= 4 is 22.6 Å². The lowest BCUT2D eigenvalue weighted by atomic mass is 10.2. The van der Waals surface area contributed by atoms with Gasteiger partial charge < -0.3 is 14.8 Å². The van der Waals surface area contributed by atoms with E-state index in [1.807, 2.05) is 0 Å². The Labute approximate surface area is 107 Å². The van der Waals surface area contributed by atoms with Gasteiger partial charge in [0.05, 0.1) is 23.0 Å². The molecule has 1 aromatic carbocycles. The van der Waals surface area contributed by atoms with Crippen LogP contribution < -0.4 is 0 Å². The van der Waals surface area contributed by atoms with E-state index in [-0.39, 0.29) is 18.7 Å². The maximum absolute atomic E-state index is 10.7. The average molecular weight is 264 g/mol. The molecule has 0 radical (unpaired) electrons. The van der Waals surface area contributed by atoms with Gasteiger partial charge in [-0.05, 0) is 12.1 Å². The van der Waals surface area contributed by atoms with Crippen LogP contribution in [0, 0.1) is 10.1 Å². The lowest BCUT2D eigenvalue weighted by Crippen LogP contribution is -2.19. The predicted octanol–water partition coefficient (Wildman–Crippen LogP) is 1.39. The number of nitrogens with zero attached hydrogens (tertiary/aromatic N) is 2. The van der Waals surface area contributed by atoms with Gasteiger partial charge in [0.2, 0.25) is 0 Å². The van der Waals surface area contributed by atoms with E-state index < -0.39 is 17.0 Å². The summed E-state index contributed by atoms with van der Waals surface area (Å²) in [5, 5.41) is 29.7. The molecule has 1 atom stereocenters. The Morgan fingerprint density at radius 3 is 2.79 bits per heavy atom. The summed E-state index contributed by atoms with van der Waals surface area (Å²) >= 11 is 0. The van der Waals surface area contributed by atoms with Crippen molar-refractivity contribution in [1.29, 1.82) is 0 Å². The first-order chi connectivity index (χ1) is 8.97. The number of carboxylic acids is 1. The summed E-state index contributed by atoms with van der Waals surface area (Å²) in [5.41, 5.74) is 0.554. The van der Waals surface area contributed by atoms with Crippen LogP contribution in [0.4, 0.5) is 5.69 Å². The molecule has 0 aliphatic carbocycles. The fraction of sp³-hybridized carbons (Fsp3) is 0.250. The van der Waals surface area contributed by atoms with Gasteiger partial charge in [-0.2, -0.15) is 0 Å². The van der Waals surface area contributed by atoms with Gasteiger partial charge in [0, 0.05) is 30.3 Å². The highest BCUT2D eigenvalue weighted by Crippen LogP contribution is 2.22. The van der Waals surface area contributed by atoms with Crippen molar-refractivity contribution in [2.75, 3.05) is 0 Å². The van der Waals surface area contributed by atoms with E-state index in [0.29, 0.717) is 5.52 Å². The summed E-state index contributed by atoms with van der Waals surface area (Å²) in [6.45, 7) is 0.0803. The first-order valence-corrected chi connectivity index (χ1v) is 5.60. The Kier molecular flexibility index (Phi) is 3.48. The molecule has 0 bridgehead atoms. The minimum absolute atomic E-state index is 0.0415. The summed E-state index contributed by atoms with van der Waals surface area (Å²) < 4.78 is 1.61. The number of hydrogen-bond donors (Lipinski definition) is 2. The van der Waals surface area contributed by atoms with Gasteiger partial charge in [0.15, 0.2) is 0 Å². The van der Waals surface area contributed by atoms with E-state index in [1.54, 1.807) is 22.9 Å². The number of fused-ring (bicyclic) bond motifs is 1. The number of aromatic nitrogens is 1. The van der Waals surface area contributed by atoms with Gasteiger partial charge in [0.1, 0.15) is 0 Å². The molecule has 1 heterocycles. The number of aliphatic carboxylic acids is 1. The molecule has 0 saturated heterocycles. The standard InChI is InChI=1S/C12H12N2O5/c15-10(6-12(16)17)7-13-4-3-8-1-2-9(14(18)19)5-11(8)13/h1-5,10,15H,6-7H2,(H,16,17). The highest BCUT2D eigenvalue weighted by molar-refractivity contribution is 5.82. The molecule has 7 nitrogen and oxygen atoms in total. The molecule has 7 heteroatoms. The highest BCUT2D eigenvalue weighted by atomic mass is 16.6. The van der Waals surface area contributed by atoms with E-state index in [2.05, 4.69) is 0 Å². The van der Waals surface area contributed by atoms with E-state index in [0.717, 1.165) is 5.39 Å². The number of carbonyl (C=O) groups is 1. The fourth-order valence-electron chi connectivity index (χ4n) is 1.94. The Morgan fingerprint density at radius 1 is 1.42 bits per heavy atom. The van der Waals surface area contributed by atoms with Gasteiger partial charge in [-0.15, -0.1) is 0 Å². The van der Waals surface area contributed by atoms with Crippen molar-refractivity contribution in [3.05, 3.63) is 40.6 Å². The minimum Gasteiger partial charge on any atom is -0.481 e. The van der Waals surface area contributed by atoms with E-state index in [4.69, 9.17) is 5.11 Å². The molecule has 2 aromatic rings. The summed E-state index contributed by atoms with van der Waals surface area (Å²) in [5.74, 6) is -1.09. The summed E-state index contributed by atoms with van der Waals surface area (Å²) in [6, 6.07) is 6.18. The van der Waals surface area contributed by atoms with Crippen LogP contribution in [0.2, 0.25) is 0 Å². The Balaban J connectivity index is 2.30. The molecule has 2 N–H and O–H groups in total. The topological polar surface area (TPSA) is 106 Å². The van der Waals surface area contributed by atoms with Gasteiger partial charge >= 0.3 is 5.97 Å². The predicted molar refractivity (Wildman–Crippen MR) is 66.9 cm³/mol. The molecule has 1 unspecified atom stereocenters. The molecule has 0 aliphatic heterocycles. The SMILES string of the molecule is O=C(O)CC(O)Cn1ccc2ccc([N+](=O)[O-])cc21. The molecule has 19 heavy (non-hydrogen) atoms. The van der Waals surface area contributed by atoms with Gasteiger partial charge in [0.25, 0.3) is 5.69 Å². The highest BCUT2D eigenvalue weighted by Gasteiger charge is 2.13. The van der Waals surface area contributed by atoms with Gasteiger partial charge in [-0.25, -0.2) is 0 Å². The van der Waals surface area contributed by atoms with Crippen molar-refractivity contribution in [2.45, 2.75) is 19.1 Å². The van der Waals surface area contributed by atoms with Crippen LogP contribution in [0.15, 0.2) is 30.5 Å². The molecule has 100 valence electrons. The number of aliphatic hydroxyl groups is 1. The Morgan fingerprint density at radius 2 is 2.16 bits per heavy atom. The number of carboxylic acid groups (broad SMARTS) is 1. The number of benzene rings is 1. The quantitative estimate of drug-likeness (QED) is 0.627. The van der Waals surface area contributed by atoms with E-state index in [9.17, 15) is 20.0 Å². The molecule has 0 saturated carbocycles. The van der Waals surface area contributed by atoms with Crippen molar-refractivity contribution in [3.8, 4) is 0 Å². The van der Waals surface area contributed by atoms with Crippen LogP contribution >= 0.6 is 0 Å². The summed E-state index contributed by atoms with van der Waals surface area (Å²) in [7, 11) is 0. The lowest BCUT2D eigenvalue weighted by Gasteiger charge is -2.10. The van der Waals surface area contributed by atoms with Crippen LogP contribution in [0.5, 0.6) is 0 Å². The maximum Gasteiger partial charge on any atom is 0.306 e. The zero-order valence-electron chi connectivity index (χ0n) is 9.89. The average Bonchev–Trinajstić information content (AvgIpc) is 2.70. The Hall–Kier alpha value is -2.41. The number of nitro groups is 1. The van der Waals surface area contributed by atoms with Crippen molar-refractivity contribution in [2.24, 2.45) is 0 Å². The molecular weight excluding hydrogens is 252 g/mol. The second-order valence-corrected chi connectivity index (χ2v) is 4.22. The van der Waals surface area contributed by atoms with Crippen molar-refractivity contribution in [1.82, 2.24) is 4.57 Å². The largest absolute Gasteiger partial charge is 0.481 e. The first-order valence-electron chi connectivity index (χ1n) is 5.60. The van der Waals surface area contributed by atoms with E-state index >= 15 is 0 Å². The van der Waals surface area contributed by atoms with Crippen LogP contribution in [0.3, 0.4) is 0 Å². The Bertz CT molecular complexity index is 634. The maximum atomic E-state index is 10.7. The third-order valence-electron chi connectivity index (χ3n) is 2.79. The second-order valence-electron chi connectivity index (χ2n) is 4.22. The minimum atomic E-state index is -1.09. The lowest BCUT2D eigenvalue weighted by molar-refractivity contribution is -0.384. The molecule has 0 aliphatic rings. The van der Waals surface area contributed by atoms with Crippen LogP contribution in [0.1, 0.15) is 6.42 Å². The number of aliphatic hydroxyl groups excluding tert-OH is 1. The number of nitro benzene ring substituents is 1. The van der Waals surface area contributed by atoms with Crippen LogP contribution in [-0.2, 0) is 11.3 Å². The van der Waals surface area contributed by atoms with E-state index in [1.165, 1.54) is 12.1 Å². The van der Waals surface area contributed by atoms with Gasteiger partial charge in [-0.3, -0.25) is 14.9 Å². The van der Waals surface area contributed by atoms with Crippen LogP contribution in [0.25, 0.3) is 10.9 Å². The molecule has 0 spiro atoms. The zero-order chi connectivity index (χ0) is 14.0. The van der Waals surface area contributed by atoms with Gasteiger partial charge in [-0.1, -0.05) is 0 Å². The van der Waals surface area contributed by atoms with Crippen molar-refractivity contribution < 1.29 is 19.9 Å². The number of non-ortho nitro benzene ring substituents is 1. The molecule has 0 amide bonds. The fourth-order valence-corrected chi connectivity index (χ4v) is 1.94. The molecular formula is C12H12N2O5.